The highest BCUT2D eigenvalue weighted by molar-refractivity contribution is 5.88. The van der Waals surface area contributed by atoms with E-state index in [-0.39, 0.29) is 17.4 Å². The first-order valence-corrected chi connectivity index (χ1v) is 9.56. The van der Waals surface area contributed by atoms with Gasteiger partial charge in [0.25, 0.3) is 0 Å². The number of carbonyl (C=O) groups is 1. The van der Waals surface area contributed by atoms with Gasteiger partial charge in [-0.05, 0) is 32.4 Å². The van der Waals surface area contributed by atoms with E-state index in [4.69, 9.17) is 10.5 Å². The summed E-state index contributed by atoms with van der Waals surface area (Å²) < 4.78 is 5.72. The molecule has 0 aromatic carbocycles. The number of nitrogens with two attached hydrogens (primary N) is 1. The standard InChI is InChI=1S/C19H39N3O2/c1-8-22(9-2)15(11-14(4)5)13-21-17(23)19(20)12-16(24-10-3)18(19,6)7/h14-16H,8-13,20H2,1-7H3,(H,21,23). The average Bonchev–Trinajstić information content (AvgIpc) is 2.52. The second kappa shape index (κ2) is 8.63. The van der Waals surface area contributed by atoms with E-state index in [0.717, 1.165) is 19.5 Å². The Labute approximate surface area is 148 Å². The summed E-state index contributed by atoms with van der Waals surface area (Å²) in [4.78, 5) is 15.2. The molecule has 5 heteroatoms. The fraction of sp³-hybridized carbons (Fsp3) is 0.947. The highest BCUT2D eigenvalue weighted by atomic mass is 16.5. The Morgan fingerprint density at radius 3 is 2.29 bits per heavy atom. The molecule has 3 atom stereocenters. The largest absolute Gasteiger partial charge is 0.378 e. The van der Waals surface area contributed by atoms with E-state index in [1.807, 2.05) is 20.8 Å². The van der Waals surface area contributed by atoms with Crippen LogP contribution in [0.2, 0.25) is 0 Å². The maximum atomic E-state index is 12.8. The van der Waals surface area contributed by atoms with Crippen LogP contribution in [0.25, 0.3) is 0 Å². The van der Waals surface area contributed by atoms with Gasteiger partial charge in [0.1, 0.15) is 5.54 Å². The van der Waals surface area contributed by atoms with Crippen LogP contribution in [0.15, 0.2) is 0 Å². The number of hydrogen-bond acceptors (Lipinski definition) is 4. The Morgan fingerprint density at radius 2 is 1.88 bits per heavy atom. The Balaban J connectivity index is 2.69. The summed E-state index contributed by atoms with van der Waals surface area (Å²) in [5.41, 5.74) is 5.30. The Hall–Kier alpha value is -0.650. The van der Waals surface area contributed by atoms with Crippen LogP contribution < -0.4 is 11.1 Å². The predicted octanol–water partition coefficient (Wildman–Crippen LogP) is 2.39. The summed E-state index contributed by atoms with van der Waals surface area (Å²) in [6.45, 7) is 18.2. The second-order valence-corrected chi connectivity index (χ2v) is 8.06. The molecule has 0 radical (unpaired) electrons. The van der Waals surface area contributed by atoms with Crippen molar-refractivity contribution in [2.45, 2.75) is 79.0 Å². The van der Waals surface area contributed by atoms with Gasteiger partial charge in [-0.2, -0.15) is 0 Å². The first-order valence-electron chi connectivity index (χ1n) is 9.56. The van der Waals surface area contributed by atoms with Crippen molar-refractivity contribution >= 4 is 5.91 Å². The SMILES string of the molecule is CCOC1CC(N)(C(=O)NCC(CC(C)C)N(CC)CC)C1(C)C. The van der Waals surface area contributed by atoms with Crippen LogP contribution in [0.1, 0.15) is 61.3 Å². The number of carbonyl (C=O) groups excluding carboxylic acids is 1. The summed E-state index contributed by atoms with van der Waals surface area (Å²) in [5.74, 6) is 0.561. The van der Waals surface area contributed by atoms with E-state index in [9.17, 15) is 4.79 Å². The van der Waals surface area contributed by atoms with Crippen LogP contribution in [0.3, 0.4) is 0 Å². The highest BCUT2D eigenvalue weighted by Crippen LogP contribution is 2.49. The summed E-state index contributed by atoms with van der Waals surface area (Å²) in [7, 11) is 0. The van der Waals surface area contributed by atoms with Gasteiger partial charge in [0, 0.05) is 31.0 Å². The van der Waals surface area contributed by atoms with E-state index in [2.05, 4.69) is 37.9 Å². The molecule has 1 amide bonds. The van der Waals surface area contributed by atoms with Gasteiger partial charge in [0.2, 0.25) is 5.91 Å². The van der Waals surface area contributed by atoms with Gasteiger partial charge in [-0.25, -0.2) is 0 Å². The molecule has 0 bridgehead atoms. The molecule has 1 aliphatic rings. The third-order valence-corrected chi connectivity index (χ3v) is 5.81. The normalized spacial score (nSPS) is 27.2. The molecule has 1 aliphatic carbocycles. The number of hydrogen-bond donors (Lipinski definition) is 2. The summed E-state index contributed by atoms with van der Waals surface area (Å²) in [5, 5.41) is 3.14. The molecule has 0 aliphatic heterocycles. The topological polar surface area (TPSA) is 67.6 Å². The lowest BCUT2D eigenvalue weighted by molar-refractivity contribution is -0.170. The van der Waals surface area contributed by atoms with Crippen LogP contribution in [0.4, 0.5) is 0 Å². The molecule has 0 aromatic rings. The van der Waals surface area contributed by atoms with Crippen molar-refractivity contribution in [3.8, 4) is 0 Å². The average molecular weight is 342 g/mol. The van der Waals surface area contributed by atoms with Gasteiger partial charge < -0.3 is 15.8 Å². The zero-order valence-electron chi connectivity index (χ0n) is 16.8. The Morgan fingerprint density at radius 1 is 1.29 bits per heavy atom. The van der Waals surface area contributed by atoms with Crippen LogP contribution >= 0.6 is 0 Å². The van der Waals surface area contributed by atoms with Crippen molar-refractivity contribution in [1.29, 1.82) is 0 Å². The van der Waals surface area contributed by atoms with Gasteiger partial charge in [0.05, 0.1) is 6.10 Å². The smallest absolute Gasteiger partial charge is 0.240 e. The molecule has 1 rings (SSSR count). The first kappa shape index (κ1) is 21.4. The van der Waals surface area contributed by atoms with Gasteiger partial charge in [-0.15, -0.1) is 0 Å². The van der Waals surface area contributed by atoms with Crippen molar-refractivity contribution in [2.75, 3.05) is 26.2 Å². The quantitative estimate of drug-likeness (QED) is 0.640. The number of nitrogens with zero attached hydrogens (tertiary/aromatic N) is 1. The number of ether oxygens (including phenoxy) is 1. The second-order valence-electron chi connectivity index (χ2n) is 8.06. The monoisotopic (exact) mass is 341 g/mol. The van der Waals surface area contributed by atoms with Crippen molar-refractivity contribution in [3.05, 3.63) is 0 Å². The molecular weight excluding hydrogens is 302 g/mol. The minimum Gasteiger partial charge on any atom is -0.378 e. The summed E-state index contributed by atoms with van der Waals surface area (Å²) in [6, 6.07) is 0.360. The van der Waals surface area contributed by atoms with E-state index in [1.165, 1.54) is 0 Å². The van der Waals surface area contributed by atoms with E-state index < -0.39 is 5.54 Å². The molecule has 3 unspecified atom stereocenters. The van der Waals surface area contributed by atoms with Crippen LogP contribution in [0.5, 0.6) is 0 Å². The molecule has 0 heterocycles. The zero-order chi connectivity index (χ0) is 18.5. The van der Waals surface area contributed by atoms with Gasteiger partial charge >= 0.3 is 0 Å². The molecule has 0 saturated heterocycles. The summed E-state index contributed by atoms with van der Waals surface area (Å²) >= 11 is 0. The van der Waals surface area contributed by atoms with Crippen LogP contribution in [-0.4, -0.2) is 54.7 Å². The highest BCUT2D eigenvalue weighted by Gasteiger charge is 2.62. The van der Waals surface area contributed by atoms with E-state index in [0.29, 0.717) is 31.5 Å². The lowest BCUT2D eigenvalue weighted by Crippen LogP contribution is -2.76. The minimum atomic E-state index is -0.835. The third-order valence-electron chi connectivity index (χ3n) is 5.81. The zero-order valence-corrected chi connectivity index (χ0v) is 16.8. The molecule has 1 saturated carbocycles. The molecule has 1 fully saturated rings. The van der Waals surface area contributed by atoms with E-state index in [1.54, 1.807) is 0 Å². The molecule has 0 aromatic heterocycles. The Bertz CT molecular complexity index is 407. The van der Waals surface area contributed by atoms with Gasteiger partial charge in [-0.3, -0.25) is 9.69 Å². The number of likely N-dealkylation sites (N-methyl/N-ethyl adjacent to an activating group) is 1. The lowest BCUT2D eigenvalue weighted by Gasteiger charge is -2.57. The molecule has 3 N–H and O–H groups in total. The van der Waals surface area contributed by atoms with Crippen molar-refractivity contribution < 1.29 is 9.53 Å². The van der Waals surface area contributed by atoms with Crippen LogP contribution in [0, 0.1) is 11.3 Å². The molecule has 5 nitrogen and oxygen atoms in total. The summed E-state index contributed by atoms with van der Waals surface area (Å²) in [6.07, 6.45) is 1.73. The Kier molecular flexibility index (Phi) is 7.70. The first-order chi connectivity index (χ1) is 11.1. The molecule has 142 valence electrons. The van der Waals surface area contributed by atoms with E-state index >= 15 is 0 Å². The fourth-order valence-electron chi connectivity index (χ4n) is 3.83. The number of rotatable bonds is 10. The minimum absolute atomic E-state index is 0.0376. The maximum absolute atomic E-state index is 12.8. The maximum Gasteiger partial charge on any atom is 0.240 e. The molecule has 0 spiro atoms. The molecular formula is C19H39N3O2. The molecule has 24 heavy (non-hydrogen) atoms. The fourth-order valence-corrected chi connectivity index (χ4v) is 3.83. The predicted molar refractivity (Wildman–Crippen MR) is 99.9 cm³/mol. The van der Waals surface area contributed by atoms with Crippen molar-refractivity contribution in [1.82, 2.24) is 10.2 Å². The van der Waals surface area contributed by atoms with Gasteiger partial charge in [-0.1, -0.05) is 41.5 Å². The van der Waals surface area contributed by atoms with Crippen LogP contribution in [-0.2, 0) is 9.53 Å². The lowest BCUT2D eigenvalue weighted by atomic mass is 9.54. The van der Waals surface area contributed by atoms with Crippen molar-refractivity contribution in [3.63, 3.8) is 0 Å². The number of nitrogens with one attached hydrogen (secondary N) is 1. The van der Waals surface area contributed by atoms with Gasteiger partial charge in [0.15, 0.2) is 0 Å². The third kappa shape index (κ3) is 4.30. The number of amides is 1. The van der Waals surface area contributed by atoms with Crippen molar-refractivity contribution in [2.24, 2.45) is 17.1 Å².